The van der Waals surface area contributed by atoms with E-state index < -0.39 is 72.0 Å². The van der Waals surface area contributed by atoms with Crippen LogP contribution in [-0.2, 0) is 30.4 Å². The summed E-state index contributed by atoms with van der Waals surface area (Å²) in [7, 11) is 0. The molecule has 0 aromatic heterocycles. The standard InChI is InChI=1S/C25H41N7O8/c1-13(33)19(24(38)29-17(9-11-27)22(36)32-20(14(2)34)25(39)40)31-23(37)18(12-15-6-4-3-5-7-15)30-21(35)16(28)8-10-26/h3-7,13-14,16-20,33-34H,8-12,26-28H2,1-2H3,(H,29,38)(H,30,35)(H,31,37)(H,32,36)(H,39,40)/t13-,14-,16+,17+,18-,19+,20+/m1/s1. The summed E-state index contributed by atoms with van der Waals surface area (Å²) in [6.45, 7) is 2.47. The summed E-state index contributed by atoms with van der Waals surface area (Å²) in [5.41, 5.74) is 17.5. The van der Waals surface area contributed by atoms with Crippen LogP contribution in [0.1, 0.15) is 32.3 Å². The molecule has 15 nitrogen and oxygen atoms in total. The van der Waals surface area contributed by atoms with Crippen LogP contribution in [0.2, 0.25) is 0 Å². The van der Waals surface area contributed by atoms with E-state index in [9.17, 15) is 39.3 Å². The van der Waals surface area contributed by atoms with Gasteiger partial charge in [0.1, 0.15) is 18.1 Å². The Hall–Kier alpha value is -3.63. The van der Waals surface area contributed by atoms with E-state index in [0.717, 1.165) is 0 Å². The van der Waals surface area contributed by atoms with Crippen LogP contribution in [0.5, 0.6) is 0 Å². The van der Waals surface area contributed by atoms with Crippen LogP contribution in [-0.4, -0.2) is 100 Å². The lowest BCUT2D eigenvalue weighted by Crippen LogP contribution is -2.61. The summed E-state index contributed by atoms with van der Waals surface area (Å²) in [6, 6.07) is 2.02. The van der Waals surface area contributed by atoms with Gasteiger partial charge in [0.15, 0.2) is 6.04 Å². The molecule has 0 radical (unpaired) electrons. The van der Waals surface area contributed by atoms with E-state index in [1.807, 2.05) is 0 Å². The third kappa shape index (κ3) is 11.2. The molecule has 0 aliphatic rings. The number of hydrogen-bond donors (Lipinski definition) is 10. The van der Waals surface area contributed by atoms with Crippen molar-refractivity contribution in [1.29, 1.82) is 0 Å². The van der Waals surface area contributed by atoms with Gasteiger partial charge in [0.25, 0.3) is 0 Å². The van der Waals surface area contributed by atoms with Crippen LogP contribution >= 0.6 is 0 Å². The second-order valence-corrected chi connectivity index (χ2v) is 9.37. The third-order valence-electron chi connectivity index (χ3n) is 5.93. The SMILES string of the molecule is C[C@@H](O)[C@H](NC(=O)[C@H](CCN)NC(=O)[C@@H](NC(=O)[C@@H](Cc1ccccc1)NC(=O)[C@@H](N)CCN)[C@@H](C)O)C(=O)O. The Labute approximate surface area is 232 Å². The molecule has 0 aliphatic carbocycles. The van der Waals surface area contributed by atoms with Crippen molar-refractivity contribution in [2.75, 3.05) is 13.1 Å². The van der Waals surface area contributed by atoms with E-state index in [0.29, 0.717) is 5.56 Å². The van der Waals surface area contributed by atoms with E-state index in [4.69, 9.17) is 17.2 Å². The van der Waals surface area contributed by atoms with E-state index in [-0.39, 0.29) is 32.4 Å². The van der Waals surface area contributed by atoms with Crippen LogP contribution in [0.3, 0.4) is 0 Å². The van der Waals surface area contributed by atoms with E-state index >= 15 is 0 Å². The number of aliphatic hydroxyl groups excluding tert-OH is 2. The highest BCUT2D eigenvalue weighted by Gasteiger charge is 2.34. The second kappa shape index (κ2) is 17.1. The van der Waals surface area contributed by atoms with Crippen molar-refractivity contribution >= 4 is 29.6 Å². The van der Waals surface area contributed by atoms with Gasteiger partial charge in [-0.1, -0.05) is 30.3 Å². The Kier molecular flexibility index (Phi) is 14.7. The molecule has 0 heterocycles. The van der Waals surface area contributed by atoms with Gasteiger partial charge in [-0.3, -0.25) is 19.2 Å². The smallest absolute Gasteiger partial charge is 0.328 e. The minimum absolute atomic E-state index is 0.0377. The number of carboxylic acids is 1. The normalized spacial score (nSPS) is 16.3. The lowest BCUT2D eigenvalue weighted by atomic mass is 10.0. The van der Waals surface area contributed by atoms with Gasteiger partial charge in [-0.05, 0) is 45.3 Å². The molecule has 7 atom stereocenters. The first-order valence-electron chi connectivity index (χ1n) is 12.8. The predicted octanol–water partition coefficient (Wildman–Crippen LogP) is -3.96. The number of amides is 4. The molecule has 15 heteroatoms. The maximum atomic E-state index is 13.2. The monoisotopic (exact) mass is 567 g/mol. The molecule has 4 amide bonds. The zero-order chi connectivity index (χ0) is 30.4. The van der Waals surface area contributed by atoms with Crippen molar-refractivity contribution in [3.63, 3.8) is 0 Å². The van der Waals surface area contributed by atoms with Crippen molar-refractivity contribution in [2.45, 2.75) is 75.5 Å². The van der Waals surface area contributed by atoms with Gasteiger partial charge in [-0.15, -0.1) is 0 Å². The minimum Gasteiger partial charge on any atom is -0.480 e. The fourth-order valence-corrected chi connectivity index (χ4v) is 3.65. The molecule has 1 rings (SSSR count). The van der Waals surface area contributed by atoms with E-state index in [1.54, 1.807) is 30.3 Å². The number of carbonyl (C=O) groups excluding carboxylic acids is 4. The van der Waals surface area contributed by atoms with Crippen LogP contribution in [0.15, 0.2) is 30.3 Å². The van der Waals surface area contributed by atoms with Gasteiger partial charge in [0, 0.05) is 6.42 Å². The molecule has 0 fully saturated rings. The molecule has 0 spiro atoms. The number of benzene rings is 1. The highest BCUT2D eigenvalue weighted by Crippen LogP contribution is 2.06. The first kappa shape index (κ1) is 34.4. The maximum absolute atomic E-state index is 13.2. The largest absolute Gasteiger partial charge is 0.480 e. The first-order chi connectivity index (χ1) is 18.8. The Bertz CT molecular complexity index is 993. The summed E-state index contributed by atoms with van der Waals surface area (Å²) < 4.78 is 0. The molecule has 1 aromatic carbocycles. The second-order valence-electron chi connectivity index (χ2n) is 9.37. The molecular formula is C25H41N7O8. The number of carboxylic acid groups (broad SMARTS) is 1. The van der Waals surface area contributed by atoms with Crippen LogP contribution < -0.4 is 38.5 Å². The van der Waals surface area contributed by atoms with Crippen molar-refractivity contribution in [3.05, 3.63) is 35.9 Å². The number of aliphatic hydroxyl groups is 2. The molecular weight excluding hydrogens is 526 g/mol. The van der Waals surface area contributed by atoms with Crippen molar-refractivity contribution < 1.29 is 39.3 Å². The van der Waals surface area contributed by atoms with Gasteiger partial charge in [-0.2, -0.15) is 0 Å². The quantitative estimate of drug-likeness (QED) is 0.0867. The van der Waals surface area contributed by atoms with Gasteiger partial charge >= 0.3 is 5.97 Å². The van der Waals surface area contributed by atoms with Crippen LogP contribution in [0.4, 0.5) is 0 Å². The Balaban J connectivity index is 3.10. The lowest BCUT2D eigenvalue weighted by molar-refractivity contribution is -0.145. The highest BCUT2D eigenvalue weighted by molar-refractivity contribution is 5.95. The molecule has 1 aromatic rings. The lowest BCUT2D eigenvalue weighted by Gasteiger charge is -2.28. The minimum atomic E-state index is -1.65. The molecule has 0 aliphatic heterocycles. The summed E-state index contributed by atoms with van der Waals surface area (Å²) in [4.78, 5) is 62.9. The van der Waals surface area contributed by atoms with Gasteiger partial charge in [-0.25, -0.2) is 4.79 Å². The number of aliphatic carboxylic acids is 1. The maximum Gasteiger partial charge on any atom is 0.328 e. The zero-order valence-corrected chi connectivity index (χ0v) is 22.6. The molecule has 0 saturated carbocycles. The van der Waals surface area contributed by atoms with E-state index in [2.05, 4.69) is 21.3 Å². The molecule has 0 saturated heterocycles. The number of nitrogens with one attached hydrogen (secondary N) is 4. The van der Waals surface area contributed by atoms with Crippen molar-refractivity contribution in [3.8, 4) is 0 Å². The summed E-state index contributed by atoms with van der Waals surface area (Å²) in [5.74, 6) is -4.84. The number of carbonyl (C=O) groups is 5. The fraction of sp³-hybridized carbons (Fsp3) is 0.560. The summed E-state index contributed by atoms with van der Waals surface area (Å²) >= 11 is 0. The molecule has 0 bridgehead atoms. The van der Waals surface area contributed by atoms with Gasteiger partial charge < -0.3 is 53.8 Å². The number of nitrogens with two attached hydrogens (primary N) is 3. The Morgan fingerprint density at radius 2 is 1.23 bits per heavy atom. The molecule has 224 valence electrons. The topological polar surface area (TPSA) is 272 Å². The van der Waals surface area contributed by atoms with Crippen LogP contribution in [0.25, 0.3) is 0 Å². The summed E-state index contributed by atoms with van der Waals surface area (Å²) in [6.07, 6.45) is -2.78. The predicted molar refractivity (Wildman–Crippen MR) is 144 cm³/mol. The average Bonchev–Trinajstić information content (AvgIpc) is 2.89. The zero-order valence-electron chi connectivity index (χ0n) is 22.6. The number of rotatable bonds is 17. The van der Waals surface area contributed by atoms with Crippen molar-refractivity contribution in [1.82, 2.24) is 21.3 Å². The summed E-state index contributed by atoms with van der Waals surface area (Å²) in [5, 5.41) is 38.6. The third-order valence-corrected chi connectivity index (χ3v) is 5.93. The highest BCUT2D eigenvalue weighted by atomic mass is 16.4. The van der Waals surface area contributed by atoms with Crippen LogP contribution in [0, 0.1) is 0 Å². The molecule has 40 heavy (non-hydrogen) atoms. The number of hydrogen-bond acceptors (Lipinski definition) is 10. The van der Waals surface area contributed by atoms with Gasteiger partial charge in [0.2, 0.25) is 23.6 Å². The van der Waals surface area contributed by atoms with Gasteiger partial charge in [0.05, 0.1) is 18.2 Å². The fourth-order valence-electron chi connectivity index (χ4n) is 3.65. The average molecular weight is 568 g/mol. The van der Waals surface area contributed by atoms with Crippen molar-refractivity contribution in [2.24, 2.45) is 17.2 Å². The first-order valence-corrected chi connectivity index (χ1v) is 12.8. The van der Waals surface area contributed by atoms with E-state index in [1.165, 1.54) is 13.8 Å². The Morgan fingerprint density at radius 3 is 1.73 bits per heavy atom. The Morgan fingerprint density at radius 1 is 0.725 bits per heavy atom. The molecule has 13 N–H and O–H groups in total. The molecule has 0 unspecified atom stereocenters.